The molecule has 3 rings (SSSR count). The summed E-state index contributed by atoms with van der Waals surface area (Å²) in [5, 5.41) is 5.96. The third-order valence-electron chi connectivity index (χ3n) is 5.09. The van der Waals surface area contributed by atoms with Crippen molar-refractivity contribution in [3.05, 3.63) is 59.7 Å². The SMILES string of the molecule is Cc1ccc(OCCC(=O)NC2CCN(C(=O)Nc3ccccc3)CC2)c(C)c1. The second-order valence-corrected chi connectivity index (χ2v) is 7.49. The normalized spacial score (nSPS) is 14.3. The Morgan fingerprint density at radius 2 is 1.79 bits per heavy atom. The van der Waals surface area contributed by atoms with Gasteiger partial charge in [0, 0.05) is 24.8 Å². The van der Waals surface area contributed by atoms with Crippen LogP contribution in [-0.4, -0.2) is 42.6 Å². The minimum absolute atomic E-state index is 0.0121. The molecule has 0 radical (unpaired) electrons. The van der Waals surface area contributed by atoms with Crippen molar-refractivity contribution in [1.29, 1.82) is 0 Å². The van der Waals surface area contributed by atoms with E-state index in [1.807, 2.05) is 56.3 Å². The summed E-state index contributed by atoms with van der Waals surface area (Å²) in [6, 6.07) is 15.4. The van der Waals surface area contributed by atoms with Gasteiger partial charge in [-0.1, -0.05) is 35.9 Å². The molecule has 0 atom stereocenters. The predicted molar refractivity (Wildman–Crippen MR) is 114 cm³/mol. The maximum absolute atomic E-state index is 12.3. The number of carbonyl (C=O) groups excluding carboxylic acids is 2. The van der Waals surface area contributed by atoms with Crippen molar-refractivity contribution < 1.29 is 14.3 Å². The third kappa shape index (κ3) is 6.24. The van der Waals surface area contributed by atoms with Gasteiger partial charge in [-0.25, -0.2) is 4.79 Å². The van der Waals surface area contributed by atoms with E-state index < -0.39 is 0 Å². The summed E-state index contributed by atoms with van der Waals surface area (Å²) in [7, 11) is 0. The summed E-state index contributed by atoms with van der Waals surface area (Å²) in [6.45, 7) is 5.66. The number of carbonyl (C=O) groups is 2. The van der Waals surface area contributed by atoms with Crippen molar-refractivity contribution in [2.24, 2.45) is 0 Å². The highest BCUT2D eigenvalue weighted by molar-refractivity contribution is 5.89. The van der Waals surface area contributed by atoms with Crippen molar-refractivity contribution >= 4 is 17.6 Å². The number of para-hydroxylation sites is 1. The molecule has 1 heterocycles. The maximum Gasteiger partial charge on any atom is 0.321 e. The third-order valence-corrected chi connectivity index (χ3v) is 5.09. The van der Waals surface area contributed by atoms with Crippen LogP contribution in [0.1, 0.15) is 30.4 Å². The van der Waals surface area contributed by atoms with Crippen LogP contribution in [0.3, 0.4) is 0 Å². The van der Waals surface area contributed by atoms with E-state index in [1.165, 1.54) is 5.56 Å². The van der Waals surface area contributed by atoms with Crippen molar-refractivity contribution in [3.63, 3.8) is 0 Å². The second-order valence-electron chi connectivity index (χ2n) is 7.49. The van der Waals surface area contributed by atoms with Gasteiger partial charge in [-0.3, -0.25) is 4.79 Å². The van der Waals surface area contributed by atoms with Crippen LogP contribution in [-0.2, 0) is 4.79 Å². The molecule has 0 saturated carbocycles. The predicted octanol–water partition coefficient (Wildman–Crippen LogP) is 3.89. The summed E-state index contributed by atoms with van der Waals surface area (Å²) in [6.07, 6.45) is 1.83. The quantitative estimate of drug-likeness (QED) is 0.780. The number of hydrogen-bond donors (Lipinski definition) is 2. The lowest BCUT2D eigenvalue weighted by atomic mass is 10.1. The average Bonchev–Trinajstić information content (AvgIpc) is 2.71. The van der Waals surface area contributed by atoms with Gasteiger partial charge in [0.05, 0.1) is 13.0 Å². The highest BCUT2D eigenvalue weighted by Gasteiger charge is 2.23. The number of amides is 3. The number of piperidine rings is 1. The first-order valence-electron chi connectivity index (χ1n) is 10.1. The van der Waals surface area contributed by atoms with E-state index in [0.29, 0.717) is 26.1 Å². The van der Waals surface area contributed by atoms with Crippen LogP contribution in [0, 0.1) is 13.8 Å². The molecule has 29 heavy (non-hydrogen) atoms. The Kier molecular flexibility index (Phi) is 7.11. The smallest absolute Gasteiger partial charge is 0.321 e. The molecule has 1 aliphatic heterocycles. The fraction of sp³-hybridized carbons (Fsp3) is 0.391. The Morgan fingerprint density at radius 1 is 1.07 bits per heavy atom. The molecular formula is C23H29N3O3. The van der Waals surface area contributed by atoms with Gasteiger partial charge in [0.1, 0.15) is 5.75 Å². The molecule has 2 aromatic carbocycles. The molecule has 0 unspecified atom stereocenters. The number of urea groups is 1. The first-order valence-corrected chi connectivity index (χ1v) is 10.1. The number of likely N-dealkylation sites (tertiary alicyclic amines) is 1. The lowest BCUT2D eigenvalue weighted by molar-refractivity contribution is -0.122. The second kappa shape index (κ2) is 9.96. The van der Waals surface area contributed by atoms with Crippen molar-refractivity contribution in [1.82, 2.24) is 10.2 Å². The van der Waals surface area contributed by atoms with Gasteiger partial charge in [-0.2, -0.15) is 0 Å². The molecule has 1 saturated heterocycles. The van der Waals surface area contributed by atoms with E-state index in [0.717, 1.165) is 29.8 Å². The minimum Gasteiger partial charge on any atom is -0.493 e. The van der Waals surface area contributed by atoms with Gasteiger partial charge in [-0.15, -0.1) is 0 Å². The van der Waals surface area contributed by atoms with Crippen LogP contribution < -0.4 is 15.4 Å². The Morgan fingerprint density at radius 3 is 2.48 bits per heavy atom. The molecule has 0 bridgehead atoms. The Bertz CT molecular complexity index is 831. The molecular weight excluding hydrogens is 366 g/mol. The summed E-state index contributed by atoms with van der Waals surface area (Å²) in [4.78, 5) is 26.3. The first-order chi connectivity index (χ1) is 14.0. The number of anilines is 1. The van der Waals surface area contributed by atoms with Crippen molar-refractivity contribution in [2.45, 2.75) is 39.2 Å². The zero-order chi connectivity index (χ0) is 20.6. The van der Waals surface area contributed by atoms with E-state index >= 15 is 0 Å². The Labute approximate surface area is 172 Å². The molecule has 1 aliphatic rings. The molecule has 3 amide bonds. The number of rotatable bonds is 6. The molecule has 0 aromatic heterocycles. The van der Waals surface area contributed by atoms with Crippen LogP contribution in [0.25, 0.3) is 0 Å². The maximum atomic E-state index is 12.3. The van der Waals surface area contributed by atoms with E-state index in [2.05, 4.69) is 16.7 Å². The lowest BCUT2D eigenvalue weighted by Crippen LogP contribution is -2.47. The van der Waals surface area contributed by atoms with Crippen LogP contribution in [0.2, 0.25) is 0 Å². The van der Waals surface area contributed by atoms with E-state index in [-0.39, 0.29) is 18.0 Å². The Balaban J connectivity index is 1.35. The fourth-order valence-corrected chi connectivity index (χ4v) is 3.47. The standard InChI is InChI=1S/C23H29N3O3/c1-17-8-9-21(18(2)16-17)29-15-12-22(27)24-20-10-13-26(14-11-20)23(28)25-19-6-4-3-5-7-19/h3-9,16,20H,10-15H2,1-2H3,(H,24,27)(H,25,28). The summed E-state index contributed by atoms with van der Waals surface area (Å²) >= 11 is 0. The highest BCUT2D eigenvalue weighted by atomic mass is 16.5. The zero-order valence-electron chi connectivity index (χ0n) is 17.1. The topological polar surface area (TPSA) is 70.7 Å². The number of hydrogen-bond acceptors (Lipinski definition) is 3. The Hall–Kier alpha value is -3.02. The van der Waals surface area contributed by atoms with Crippen LogP contribution in [0.5, 0.6) is 5.75 Å². The number of nitrogens with zero attached hydrogens (tertiary/aromatic N) is 1. The largest absolute Gasteiger partial charge is 0.493 e. The van der Waals surface area contributed by atoms with Crippen LogP contribution in [0.4, 0.5) is 10.5 Å². The van der Waals surface area contributed by atoms with Gasteiger partial charge in [-0.05, 0) is 50.5 Å². The summed E-state index contributed by atoms with van der Waals surface area (Å²) in [5.41, 5.74) is 3.06. The van der Waals surface area contributed by atoms with E-state index in [4.69, 9.17) is 4.74 Å². The summed E-state index contributed by atoms with van der Waals surface area (Å²) in [5.74, 6) is 0.808. The number of aryl methyl sites for hydroxylation is 2. The zero-order valence-corrected chi connectivity index (χ0v) is 17.1. The van der Waals surface area contributed by atoms with Gasteiger partial charge in [0.15, 0.2) is 0 Å². The van der Waals surface area contributed by atoms with Crippen molar-refractivity contribution in [2.75, 3.05) is 25.0 Å². The first kappa shape index (κ1) is 20.7. The van der Waals surface area contributed by atoms with Crippen LogP contribution in [0.15, 0.2) is 48.5 Å². The number of ether oxygens (including phenoxy) is 1. The van der Waals surface area contributed by atoms with Gasteiger partial charge >= 0.3 is 6.03 Å². The molecule has 6 nitrogen and oxygen atoms in total. The average molecular weight is 396 g/mol. The molecule has 2 N–H and O–H groups in total. The molecule has 1 fully saturated rings. The number of benzene rings is 2. The lowest BCUT2D eigenvalue weighted by Gasteiger charge is -2.32. The molecule has 0 spiro atoms. The minimum atomic E-state index is -0.0946. The fourth-order valence-electron chi connectivity index (χ4n) is 3.47. The monoisotopic (exact) mass is 395 g/mol. The number of nitrogens with one attached hydrogen (secondary N) is 2. The summed E-state index contributed by atoms with van der Waals surface area (Å²) < 4.78 is 5.73. The van der Waals surface area contributed by atoms with Crippen LogP contribution >= 0.6 is 0 Å². The molecule has 2 aromatic rings. The molecule has 0 aliphatic carbocycles. The van der Waals surface area contributed by atoms with E-state index in [1.54, 1.807) is 4.90 Å². The van der Waals surface area contributed by atoms with E-state index in [9.17, 15) is 9.59 Å². The molecule has 154 valence electrons. The van der Waals surface area contributed by atoms with Crippen molar-refractivity contribution in [3.8, 4) is 5.75 Å². The van der Waals surface area contributed by atoms with Gasteiger partial charge < -0.3 is 20.3 Å². The highest BCUT2D eigenvalue weighted by Crippen LogP contribution is 2.19. The van der Waals surface area contributed by atoms with Gasteiger partial charge in [0.25, 0.3) is 0 Å². The molecule has 6 heteroatoms. The van der Waals surface area contributed by atoms with Gasteiger partial charge in [0.2, 0.25) is 5.91 Å².